The minimum atomic E-state index is -0.123. The average Bonchev–Trinajstić information content (AvgIpc) is 2.53. The molecule has 0 unspecified atom stereocenters. The Morgan fingerprint density at radius 1 is 0.958 bits per heavy atom. The first kappa shape index (κ1) is 17.0. The molecule has 3 aliphatic heterocycles. The van der Waals surface area contributed by atoms with Crippen molar-refractivity contribution in [3.63, 3.8) is 0 Å². The Kier molecular flexibility index (Phi) is 4.28. The molecular formula is C19H31ClN2O2. The summed E-state index contributed by atoms with van der Waals surface area (Å²) in [5.74, 6) is 2.60. The van der Waals surface area contributed by atoms with Gasteiger partial charge in [0, 0.05) is 30.2 Å². The summed E-state index contributed by atoms with van der Waals surface area (Å²) in [6, 6.07) is 0. The van der Waals surface area contributed by atoms with Crippen molar-refractivity contribution in [1.29, 1.82) is 0 Å². The molecule has 3 saturated heterocycles. The molecule has 4 saturated carbocycles. The molecule has 0 radical (unpaired) electrons. The molecule has 24 heavy (non-hydrogen) atoms. The molecule has 7 fully saturated rings. The first-order valence-corrected chi connectivity index (χ1v) is 9.91. The number of quaternary nitrogens is 1. The molecule has 4 aliphatic carbocycles. The first-order chi connectivity index (χ1) is 11.1. The fourth-order valence-corrected chi connectivity index (χ4v) is 7.03. The van der Waals surface area contributed by atoms with Crippen molar-refractivity contribution in [2.24, 2.45) is 23.2 Å². The number of halogens is 1. The number of nitrogens with one attached hydrogen (secondary N) is 2. The Balaban J connectivity index is 0.00000146. The van der Waals surface area contributed by atoms with E-state index in [-0.39, 0.29) is 24.0 Å². The van der Waals surface area contributed by atoms with Gasteiger partial charge in [-0.15, -0.1) is 0 Å². The Bertz CT molecular complexity index is 453. The number of alkyl carbamates (subject to hydrolysis) is 1. The molecule has 6 bridgehead atoms. The van der Waals surface area contributed by atoms with E-state index >= 15 is 0 Å². The summed E-state index contributed by atoms with van der Waals surface area (Å²) in [6.45, 7) is 4.48. The van der Waals surface area contributed by atoms with Gasteiger partial charge in [-0.2, -0.15) is 0 Å². The smallest absolute Gasteiger partial charge is 0.407 e. The second-order valence-electron chi connectivity index (χ2n) is 9.65. The Morgan fingerprint density at radius 3 is 1.96 bits per heavy atom. The number of carbonyl (C=O) groups excluding carboxylic acids is 1. The second kappa shape index (κ2) is 6.05. The standard InChI is InChI=1S/C19H30N2O2.ClH/c22-17(23-13-18-1-4-21(5-2-18)6-3-18)20-19-10-14-7-15(11-19)9-16(8-14)12-19;/h14-16H,1-13H2,(H,20,22);1H. The Labute approximate surface area is 151 Å². The van der Waals surface area contributed by atoms with E-state index in [0.29, 0.717) is 12.0 Å². The largest absolute Gasteiger partial charge is 1.00 e. The topological polar surface area (TPSA) is 42.8 Å². The van der Waals surface area contributed by atoms with Gasteiger partial charge in [-0.25, -0.2) is 4.79 Å². The van der Waals surface area contributed by atoms with Crippen molar-refractivity contribution in [2.75, 3.05) is 26.2 Å². The third-order valence-corrected chi connectivity index (χ3v) is 7.94. The summed E-state index contributed by atoms with van der Waals surface area (Å²) in [4.78, 5) is 14.3. The monoisotopic (exact) mass is 354 g/mol. The predicted molar refractivity (Wildman–Crippen MR) is 87.2 cm³/mol. The maximum atomic E-state index is 12.5. The van der Waals surface area contributed by atoms with Gasteiger partial charge in [0.1, 0.15) is 0 Å². The summed E-state index contributed by atoms with van der Waals surface area (Å²) in [5, 5.41) is 3.35. The Morgan fingerprint density at radius 2 is 1.46 bits per heavy atom. The second-order valence-corrected chi connectivity index (χ2v) is 9.65. The molecular weight excluding hydrogens is 324 g/mol. The SMILES string of the molecule is O=C(NC12CC3CC(CC(C3)C1)C2)OCC12CC[NH+](CC1)CC2.[Cl-]. The average molecular weight is 355 g/mol. The van der Waals surface area contributed by atoms with E-state index in [9.17, 15) is 4.79 Å². The van der Waals surface area contributed by atoms with Crippen LogP contribution in [0, 0.1) is 23.2 Å². The molecule has 0 spiro atoms. The number of carbonyl (C=O) groups is 1. The molecule has 0 aromatic carbocycles. The summed E-state index contributed by atoms with van der Waals surface area (Å²) in [5.41, 5.74) is 0.393. The highest BCUT2D eigenvalue weighted by molar-refractivity contribution is 5.68. The van der Waals surface area contributed by atoms with Gasteiger partial charge in [0.2, 0.25) is 0 Å². The van der Waals surface area contributed by atoms with Crippen molar-refractivity contribution in [2.45, 2.75) is 63.3 Å². The van der Waals surface area contributed by atoms with Crippen LogP contribution in [-0.4, -0.2) is 37.9 Å². The normalized spacial score (nSPS) is 48.0. The maximum Gasteiger partial charge on any atom is 0.407 e. The van der Waals surface area contributed by atoms with Crippen LogP contribution >= 0.6 is 0 Å². The molecule has 0 aromatic rings. The van der Waals surface area contributed by atoms with Gasteiger partial charge in [-0.1, -0.05) is 0 Å². The molecule has 4 nitrogen and oxygen atoms in total. The molecule has 2 N–H and O–H groups in total. The van der Waals surface area contributed by atoms with Crippen LogP contribution in [0.5, 0.6) is 0 Å². The van der Waals surface area contributed by atoms with E-state index in [4.69, 9.17) is 4.74 Å². The van der Waals surface area contributed by atoms with E-state index in [0.717, 1.165) is 17.8 Å². The van der Waals surface area contributed by atoms with Gasteiger partial charge < -0.3 is 27.4 Å². The third-order valence-electron chi connectivity index (χ3n) is 7.94. The van der Waals surface area contributed by atoms with Crippen molar-refractivity contribution >= 4 is 6.09 Å². The highest BCUT2D eigenvalue weighted by Gasteiger charge is 2.52. The van der Waals surface area contributed by atoms with Crippen LogP contribution in [0.3, 0.4) is 0 Å². The summed E-state index contributed by atoms with van der Waals surface area (Å²) in [6.07, 6.45) is 11.5. The highest BCUT2D eigenvalue weighted by atomic mass is 35.5. The zero-order valence-corrected chi connectivity index (χ0v) is 15.4. The number of hydrogen-bond acceptors (Lipinski definition) is 2. The molecule has 3 heterocycles. The van der Waals surface area contributed by atoms with E-state index in [1.807, 2.05) is 0 Å². The molecule has 0 atom stereocenters. The van der Waals surface area contributed by atoms with Gasteiger partial charge >= 0.3 is 6.09 Å². The van der Waals surface area contributed by atoms with Gasteiger partial charge in [0.05, 0.1) is 26.2 Å². The van der Waals surface area contributed by atoms with Crippen molar-refractivity contribution in [3.8, 4) is 0 Å². The first-order valence-electron chi connectivity index (χ1n) is 9.91. The minimum absolute atomic E-state index is 0. The van der Waals surface area contributed by atoms with Gasteiger partial charge in [-0.05, 0) is 56.3 Å². The quantitative estimate of drug-likeness (QED) is 0.665. The molecule has 136 valence electrons. The fourth-order valence-electron chi connectivity index (χ4n) is 7.03. The molecule has 7 aliphatic rings. The number of piperidine rings is 3. The predicted octanol–water partition coefficient (Wildman–Crippen LogP) is -1.25. The fraction of sp³-hybridized carbons (Fsp3) is 0.947. The Hall–Kier alpha value is -0.480. The van der Waals surface area contributed by atoms with Crippen LogP contribution in [0.15, 0.2) is 0 Å². The van der Waals surface area contributed by atoms with Crippen LogP contribution in [0.25, 0.3) is 0 Å². The number of fused-ring (bicyclic) bond motifs is 3. The number of hydrogen-bond donors (Lipinski definition) is 2. The van der Waals surface area contributed by atoms with Crippen molar-refractivity contribution in [1.82, 2.24) is 5.32 Å². The third kappa shape index (κ3) is 2.94. The van der Waals surface area contributed by atoms with Gasteiger partial charge in [0.25, 0.3) is 0 Å². The number of amides is 1. The molecule has 5 heteroatoms. The lowest BCUT2D eigenvalue weighted by Crippen LogP contribution is -3.15. The lowest BCUT2D eigenvalue weighted by Gasteiger charge is -2.56. The molecule has 7 rings (SSSR count). The van der Waals surface area contributed by atoms with Crippen LogP contribution in [0.2, 0.25) is 0 Å². The summed E-state index contributed by atoms with van der Waals surface area (Å²) < 4.78 is 5.78. The van der Waals surface area contributed by atoms with E-state index in [2.05, 4.69) is 5.32 Å². The van der Waals surface area contributed by atoms with Crippen LogP contribution in [0.4, 0.5) is 4.79 Å². The van der Waals surface area contributed by atoms with E-state index < -0.39 is 0 Å². The van der Waals surface area contributed by atoms with Crippen LogP contribution in [-0.2, 0) is 4.74 Å². The number of rotatable bonds is 3. The van der Waals surface area contributed by atoms with Crippen molar-refractivity contribution in [3.05, 3.63) is 0 Å². The summed E-state index contributed by atoms with van der Waals surface area (Å²) >= 11 is 0. The molecule has 0 aromatic heterocycles. The van der Waals surface area contributed by atoms with Gasteiger partial charge in [0.15, 0.2) is 0 Å². The molecule has 1 amide bonds. The van der Waals surface area contributed by atoms with Crippen molar-refractivity contribution < 1.29 is 26.8 Å². The zero-order valence-electron chi connectivity index (χ0n) is 14.6. The maximum absolute atomic E-state index is 12.5. The lowest BCUT2D eigenvalue weighted by atomic mass is 9.53. The van der Waals surface area contributed by atoms with E-state index in [1.165, 1.54) is 77.4 Å². The van der Waals surface area contributed by atoms with Gasteiger partial charge in [-0.3, -0.25) is 0 Å². The zero-order chi connectivity index (χ0) is 15.5. The number of ether oxygens (including phenoxy) is 1. The van der Waals surface area contributed by atoms with Crippen LogP contribution in [0.1, 0.15) is 57.8 Å². The highest BCUT2D eigenvalue weighted by Crippen LogP contribution is 2.55. The van der Waals surface area contributed by atoms with E-state index in [1.54, 1.807) is 4.90 Å². The van der Waals surface area contributed by atoms with Crippen LogP contribution < -0.4 is 22.6 Å². The lowest BCUT2D eigenvalue weighted by molar-refractivity contribution is -0.919. The summed E-state index contributed by atoms with van der Waals surface area (Å²) in [7, 11) is 0. The minimum Gasteiger partial charge on any atom is -1.00 e.